The van der Waals surface area contributed by atoms with Crippen LogP contribution in [0.1, 0.15) is 84.5 Å². The van der Waals surface area contributed by atoms with Crippen LogP contribution in [-0.2, 0) is 19.1 Å². The molecule has 3 aromatic rings. The lowest BCUT2D eigenvalue weighted by Crippen LogP contribution is -2.56. The number of nitrogens with zero attached hydrogens (tertiary/aromatic N) is 3. The van der Waals surface area contributed by atoms with Crippen molar-refractivity contribution in [3.63, 3.8) is 0 Å². The number of nitrogens with one attached hydrogen (secondary N) is 3. The number of hydrogen-bond acceptors (Lipinski definition) is 11. The lowest BCUT2D eigenvalue weighted by molar-refractivity contribution is -0.145. The van der Waals surface area contributed by atoms with Gasteiger partial charge in [-0.3, -0.25) is 9.59 Å². The molecular weight excluding hydrogens is 725 g/mol. The molecule has 2 aromatic heterocycles. The number of aliphatic carboxylic acids is 1. The molecule has 15 heteroatoms. The fourth-order valence-corrected chi connectivity index (χ4v) is 8.75. The Labute approximate surface area is 324 Å². The number of methoxy groups -OCH3 is 1. The zero-order valence-corrected chi connectivity index (χ0v) is 32.4. The smallest absolute Gasteiger partial charge is 0.408 e. The van der Waals surface area contributed by atoms with E-state index >= 15 is 0 Å². The molecule has 4 heterocycles. The number of aromatic nitrogens is 2. The Morgan fingerprint density at radius 1 is 1.04 bits per heavy atom. The number of alkyl carbamates (subject to hydrolysis) is 1. The minimum atomic E-state index is -1.45. The number of allylic oxidation sites excluding steroid dienone is 1. The normalized spacial score (nSPS) is 26.7. The molecule has 2 aliphatic carbocycles. The summed E-state index contributed by atoms with van der Waals surface area (Å²) in [5.41, 5.74) is 0.394. The van der Waals surface area contributed by atoms with E-state index in [2.05, 4.69) is 16.0 Å². The topological polar surface area (TPSA) is 181 Å². The second-order valence-electron chi connectivity index (χ2n) is 15.4. The first-order valence-electron chi connectivity index (χ1n) is 19.4. The summed E-state index contributed by atoms with van der Waals surface area (Å²) in [4.78, 5) is 65.5. The van der Waals surface area contributed by atoms with Crippen LogP contribution in [0.5, 0.6) is 11.5 Å². The van der Waals surface area contributed by atoms with Crippen molar-refractivity contribution in [2.24, 2.45) is 5.92 Å². The van der Waals surface area contributed by atoms with Gasteiger partial charge in [0.1, 0.15) is 47.0 Å². The number of carbonyl (C=O) groups is 4. The third-order valence-corrected chi connectivity index (χ3v) is 11.7. The first kappa shape index (κ1) is 38.4. The molecule has 7 rings (SSSR count). The number of thiazole rings is 1. The van der Waals surface area contributed by atoms with Crippen molar-refractivity contribution in [1.29, 1.82) is 0 Å². The molecule has 2 aliphatic heterocycles. The summed E-state index contributed by atoms with van der Waals surface area (Å²) in [6.45, 7) is 4.11. The van der Waals surface area contributed by atoms with Crippen LogP contribution in [0.3, 0.4) is 0 Å². The molecule has 3 amide bonds. The van der Waals surface area contributed by atoms with Crippen molar-refractivity contribution in [3.05, 3.63) is 41.8 Å². The van der Waals surface area contributed by atoms with Gasteiger partial charge in [-0.1, -0.05) is 25.0 Å². The number of carboxylic acids is 1. The molecule has 55 heavy (non-hydrogen) atoms. The van der Waals surface area contributed by atoms with Crippen LogP contribution in [0.4, 0.5) is 9.93 Å². The van der Waals surface area contributed by atoms with Crippen molar-refractivity contribution < 1.29 is 38.5 Å². The standard InChI is InChI=1S/C40H50N6O8S/c1-23(2)41-38-43-32(22-55-38)31-19-34(28-16-15-26(52-3)17-30(28)42-31)53-27-18-33-35(47)45-40(37(49)50)20-24(40)11-7-5-4-6-8-14-29(36(48)46(33)21-27)44-39(51)54-25-12-9-10-13-25/h7,11,15-17,19,22-25,27,29,33H,4-6,8-10,12-14,18,20-21H2,1-3H3,(H,41,43)(H,44,51)(H,45,47)(H,49,50)/b11-7-/t24-,27+,29?,33-,40+/m0/s1. The average molecular weight is 775 g/mol. The Bertz CT molecular complexity index is 1940. The van der Waals surface area contributed by atoms with E-state index in [1.54, 1.807) is 7.11 Å². The van der Waals surface area contributed by atoms with E-state index in [-0.39, 0.29) is 37.5 Å². The van der Waals surface area contributed by atoms with Crippen LogP contribution in [-0.4, -0.2) is 93.4 Å². The maximum atomic E-state index is 14.5. The van der Waals surface area contributed by atoms with Gasteiger partial charge in [0.2, 0.25) is 11.8 Å². The molecule has 0 spiro atoms. The zero-order chi connectivity index (χ0) is 38.7. The highest BCUT2D eigenvalue weighted by molar-refractivity contribution is 7.14. The lowest BCUT2D eigenvalue weighted by Gasteiger charge is -2.29. The Balaban J connectivity index is 1.20. The molecule has 14 nitrogen and oxygen atoms in total. The van der Waals surface area contributed by atoms with Crippen molar-refractivity contribution in [3.8, 4) is 22.9 Å². The third kappa shape index (κ3) is 8.66. The molecule has 4 N–H and O–H groups in total. The fraction of sp³-hybridized carbons (Fsp3) is 0.550. The highest BCUT2D eigenvalue weighted by Crippen LogP contribution is 2.45. The number of carbonyl (C=O) groups excluding carboxylic acids is 3. The monoisotopic (exact) mass is 774 g/mol. The van der Waals surface area contributed by atoms with Crippen molar-refractivity contribution in [2.45, 2.75) is 120 Å². The number of fused-ring (bicyclic) bond motifs is 3. The quantitative estimate of drug-likeness (QED) is 0.186. The molecule has 1 saturated heterocycles. The van der Waals surface area contributed by atoms with Crippen molar-refractivity contribution in [1.82, 2.24) is 25.5 Å². The number of amides is 3. The Morgan fingerprint density at radius 2 is 1.84 bits per heavy atom. The van der Waals surface area contributed by atoms with Gasteiger partial charge in [-0.05, 0) is 77.3 Å². The number of pyridine rings is 1. The van der Waals surface area contributed by atoms with Crippen LogP contribution >= 0.6 is 11.3 Å². The molecule has 1 unspecified atom stereocenters. The second-order valence-corrected chi connectivity index (χ2v) is 16.2. The number of hydrogen-bond donors (Lipinski definition) is 4. The zero-order valence-electron chi connectivity index (χ0n) is 31.5. The predicted octanol–water partition coefficient (Wildman–Crippen LogP) is 6.05. The summed E-state index contributed by atoms with van der Waals surface area (Å²) in [5, 5.41) is 22.6. The summed E-state index contributed by atoms with van der Waals surface area (Å²) in [6, 6.07) is 5.50. The fourth-order valence-electron chi connectivity index (χ4n) is 7.90. The van der Waals surface area contributed by atoms with E-state index in [4.69, 9.17) is 24.2 Å². The van der Waals surface area contributed by atoms with Crippen LogP contribution in [0.15, 0.2) is 41.8 Å². The molecule has 5 atom stereocenters. The summed E-state index contributed by atoms with van der Waals surface area (Å²) >= 11 is 1.47. The van der Waals surface area contributed by atoms with Gasteiger partial charge in [0.05, 0.1) is 24.9 Å². The third-order valence-electron chi connectivity index (χ3n) is 10.9. The summed E-state index contributed by atoms with van der Waals surface area (Å²) in [7, 11) is 1.58. The number of rotatable bonds is 9. The Hall–Kier alpha value is -4.92. The van der Waals surface area contributed by atoms with Gasteiger partial charge in [0.15, 0.2) is 5.13 Å². The second kappa shape index (κ2) is 16.4. The maximum Gasteiger partial charge on any atom is 0.408 e. The Morgan fingerprint density at radius 3 is 2.60 bits per heavy atom. The summed E-state index contributed by atoms with van der Waals surface area (Å²) < 4.78 is 17.9. The van der Waals surface area contributed by atoms with E-state index in [0.29, 0.717) is 46.6 Å². The van der Waals surface area contributed by atoms with Crippen molar-refractivity contribution in [2.75, 3.05) is 19.0 Å². The molecule has 294 valence electrons. The molecule has 1 aromatic carbocycles. The van der Waals surface area contributed by atoms with Gasteiger partial charge in [-0.25, -0.2) is 19.6 Å². The lowest BCUT2D eigenvalue weighted by atomic mass is 10.0. The van der Waals surface area contributed by atoms with E-state index in [0.717, 1.165) is 50.1 Å². The number of ether oxygens (including phenoxy) is 3. The minimum absolute atomic E-state index is 0.0324. The molecule has 0 bridgehead atoms. The van der Waals surface area contributed by atoms with Crippen LogP contribution in [0, 0.1) is 5.92 Å². The number of anilines is 1. The summed E-state index contributed by atoms with van der Waals surface area (Å²) in [5.74, 6) is -1.37. The van der Waals surface area contributed by atoms with Crippen LogP contribution in [0.25, 0.3) is 22.3 Å². The van der Waals surface area contributed by atoms with E-state index in [1.165, 1.54) is 16.2 Å². The highest BCUT2D eigenvalue weighted by Gasteiger charge is 2.61. The minimum Gasteiger partial charge on any atom is -0.497 e. The largest absolute Gasteiger partial charge is 0.497 e. The van der Waals surface area contributed by atoms with Gasteiger partial charge in [0.25, 0.3) is 0 Å². The SMILES string of the molecule is COc1ccc2c(O[C@@H]3C[C@H]4C(=O)N[C@]5(C(=O)O)C[C@@H]5/C=C\CCCCCC(NC(=O)OC5CCCC5)C(=O)N4C3)cc(-c3csc(NC(C)C)n3)nc2c1. The molecular formula is C40H50N6O8S. The average Bonchev–Trinajstić information content (AvgIpc) is 3.58. The maximum absolute atomic E-state index is 14.5. The molecule has 2 saturated carbocycles. The van der Waals surface area contributed by atoms with Gasteiger partial charge < -0.3 is 40.2 Å². The van der Waals surface area contributed by atoms with Crippen LogP contribution in [0.2, 0.25) is 0 Å². The highest BCUT2D eigenvalue weighted by atomic mass is 32.1. The van der Waals surface area contributed by atoms with Crippen molar-refractivity contribution >= 4 is 51.2 Å². The first-order valence-corrected chi connectivity index (χ1v) is 20.3. The Kier molecular flexibility index (Phi) is 11.5. The van der Waals surface area contributed by atoms with E-state index in [9.17, 15) is 24.3 Å². The van der Waals surface area contributed by atoms with E-state index in [1.807, 2.05) is 55.6 Å². The van der Waals surface area contributed by atoms with Gasteiger partial charge in [-0.15, -0.1) is 11.3 Å². The van der Waals surface area contributed by atoms with Gasteiger partial charge in [0, 0.05) is 41.3 Å². The predicted molar refractivity (Wildman–Crippen MR) is 207 cm³/mol. The van der Waals surface area contributed by atoms with Gasteiger partial charge in [-0.2, -0.15) is 0 Å². The summed E-state index contributed by atoms with van der Waals surface area (Å²) in [6.07, 6.45) is 9.71. The van der Waals surface area contributed by atoms with E-state index < -0.39 is 47.6 Å². The van der Waals surface area contributed by atoms with Crippen LogP contribution < -0.4 is 25.4 Å². The molecule has 4 aliphatic rings. The van der Waals surface area contributed by atoms with Gasteiger partial charge >= 0.3 is 12.1 Å². The molecule has 0 radical (unpaired) electrons. The number of benzene rings is 1. The first-order chi connectivity index (χ1) is 26.5. The molecule has 3 fully saturated rings. The number of carboxylic acid groups (broad SMARTS) is 1.